The van der Waals surface area contributed by atoms with Crippen molar-refractivity contribution in [1.29, 1.82) is 0 Å². The van der Waals surface area contributed by atoms with Crippen LogP contribution in [0.5, 0.6) is 0 Å². The lowest BCUT2D eigenvalue weighted by Gasteiger charge is -2.29. The van der Waals surface area contributed by atoms with Gasteiger partial charge in [-0.2, -0.15) is 0 Å². The van der Waals surface area contributed by atoms with E-state index in [1.54, 1.807) is 0 Å². The Kier molecular flexibility index (Phi) is 8.33. The standard InChI is InChI=1S/C55H41N3O/c1-35-19-21-36(22-20-35)38-27-29-55(2,30-28-38)50-34-47(39-11-4-3-5-12-39)57-54(58-50)40-25-23-37(24-26-40)41-15-10-16-44(31-41)52-53-51(45-17-8-9-18-49(45)59-53)46-32-42-13-6-7-14-43(42)33-48(46)56-52/h3-19,21-29,31-35H,20,30H2,1-2H3. The molecule has 4 heteroatoms. The van der Waals surface area contributed by atoms with Gasteiger partial charge in [-0.1, -0.05) is 166 Å². The molecular weight excluding hydrogens is 719 g/mol. The van der Waals surface area contributed by atoms with Gasteiger partial charge in [-0.3, -0.25) is 0 Å². The summed E-state index contributed by atoms with van der Waals surface area (Å²) >= 11 is 0. The second-order valence-electron chi connectivity index (χ2n) is 16.3. The minimum absolute atomic E-state index is 0.271. The normalized spacial score (nSPS) is 17.8. The van der Waals surface area contributed by atoms with E-state index < -0.39 is 0 Å². The molecule has 282 valence electrons. The average molecular weight is 760 g/mol. The van der Waals surface area contributed by atoms with Crippen molar-refractivity contribution in [3.05, 3.63) is 199 Å². The maximum absolute atomic E-state index is 6.62. The predicted molar refractivity (Wildman–Crippen MR) is 244 cm³/mol. The van der Waals surface area contributed by atoms with Gasteiger partial charge < -0.3 is 4.42 Å². The number of rotatable bonds is 6. The Morgan fingerprint density at radius 1 is 0.593 bits per heavy atom. The predicted octanol–water partition coefficient (Wildman–Crippen LogP) is 14.4. The lowest BCUT2D eigenvalue weighted by Crippen LogP contribution is -2.23. The van der Waals surface area contributed by atoms with Gasteiger partial charge in [-0.05, 0) is 82.1 Å². The third-order valence-electron chi connectivity index (χ3n) is 12.2. The van der Waals surface area contributed by atoms with Gasteiger partial charge in [0, 0.05) is 38.3 Å². The van der Waals surface area contributed by atoms with Crippen molar-refractivity contribution >= 4 is 43.6 Å². The van der Waals surface area contributed by atoms with Crippen molar-refractivity contribution in [2.24, 2.45) is 5.92 Å². The first-order chi connectivity index (χ1) is 29.0. The first kappa shape index (κ1) is 35.0. The molecule has 0 saturated carbocycles. The van der Waals surface area contributed by atoms with Crippen molar-refractivity contribution in [2.75, 3.05) is 0 Å². The number of pyridine rings is 1. The van der Waals surface area contributed by atoms with Crippen LogP contribution in [-0.2, 0) is 5.41 Å². The molecule has 0 bridgehead atoms. The van der Waals surface area contributed by atoms with Crippen LogP contribution in [0.2, 0.25) is 0 Å². The Labute approximate surface area is 343 Å². The van der Waals surface area contributed by atoms with Gasteiger partial charge in [-0.25, -0.2) is 15.0 Å². The molecule has 2 atom stereocenters. The fourth-order valence-electron chi connectivity index (χ4n) is 8.73. The molecule has 9 aromatic rings. The van der Waals surface area contributed by atoms with Crippen molar-refractivity contribution in [1.82, 2.24) is 15.0 Å². The lowest BCUT2D eigenvalue weighted by atomic mass is 9.77. The molecule has 11 rings (SSSR count). The minimum Gasteiger partial charge on any atom is -0.454 e. The van der Waals surface area contributed by atoms with Crippen molar-refractivity contribution in [3.8, 4) is 45.0 Å². The van der Waals surface area contributed by atoms with Crippen LogP contribution in [0.3, 0.4) is 0 Å². The number of allylic oxidation sites excluding steroid dienone is 8. The molecule has 0 radical (unpaired) electrons. The molecule has 3 aromatic heterocycles. The maximum Gasteiger partial charge on any atom is 0.162 e. The molecule has 6 aromatic carbocycles. The van der Waals surface area contributed by atoms with Crippen LogP contribution < -0.4 is 0 Å². The van der Waals surface area contributed by atoms with Gasteiger partial charge in [0.25, 0.3) is 0 Å². The molecule has 2 unspecified atom stereocenters. The van der Waals surface area contributed by atoms with Crippen LogP contribution in [0.4, 0.5) is 0 Å². The zero-order chi connectivity index (χ0) is 39.5. The minimum atomic E-state index is -0.271. The van der Waals surface area contributed by atoms with Gasteiger partial charge in [0.15, 0.2) is 11.4 Å². The second-order valence-corrected chi connectivity index (χ2v) is 16.3. The Bertz CT molecular complexity index is 3240. The Morgan fingerprint density at radius 3 is 2.12 bits per heavy atom. The van der Waals surface area contributed by atoms with E-state index >= 15 is 0 Å². The number of fused-ring (bicyclic) bond motifs is 6. The second kappa shape index (κ2) is 14.0. The summed E-state index contributed by atoms with van der Waals surface area (Å²) in [6, 6.07) is 51.1. The first-order valence-electron chi connectivity index (χ1n) is 20.5. The van der Waals surface area contributed by atoms with Crippen molar-refractivity contribution in [3.63, 3.8) is 0 Å². The highest BCUT2D eigenvalue weighted by Gasteiger charge is 2.29. The number of aromatic nitrogens is 3. The van der Waals surface area contributed by atoms with Crippen LogP contribution >= 0.6 is 0 Å². The number of para-hydroxylation sites is 1. The van der Waals surface area contributed by atoms with E-state index in [4.69, 9.17) is 19.4 Å². The topological polar surface area (TPSA) is 51.8 Å². The summed E-state index contributed by atoms with van der Waals surface area (Å²) in [5, 5.41) is 5.64. The summed E-state index contributed by atoms with van der Waals surface area (Å²) in [5.74, 6) is 1.31. The molecule has 0 fully saturated rings. The van der Waals surface area contributed by atoms with E-state index in [1.807, 2.05) is 18.2 Å². The zero-order valence-electron chi connectivity index (χ0n) is 33.1. The van der Waals surface area contributed by atoms with E-state index in [9.17, 15) is 0 Å². The Morgan fingerprint density at radius 2 is 1.32 bits per heavy atom. The van der Waals surface area contributed by atoms with Gasteiger partial charge >= 0.3 is 0 Å². The van der Waals surface area contributed by atoms with Crippen molar-refractivity contribution in [2.45, 2.75) is 32.1 Å². The molecule has 0 saturated heterocycles. The molecule has 0 spiro atoms. The number of benzene rings is 6. The molecule has 0 amide bonds. The molecule has 59 heavy (non-hydrogen) atoms. The molecule has 3 heterocycles. The van der Waals surface area contributed by atoms with Crippen LogP contribution in [0, 0.1) is 5.92 Å². The highest BCUT2D eigenvalue weighted by molar-refractivity contribution is 6.22. The highest BCUT2D eigenvalue weighted by atomic mass is 16.3. The number of furan rings is 1. The SMILES string of the molecule is CC1C=CC(C2=CCC(C)(c3cc(-c4ccccc4)nc(-c4ccc(-c5cccc(-c6nc7cc8ccccc8cc7c7c6oc6ccccc67)c5)cc4)n3)C=C2)=CC1. The summed E-state index contributed by atoms with van der Waals surface area (Å²) in [7, 11) is 0. The van der Waals surface area contributed by atoms with Gasteiger partial charge in [-0.15, -0.1) is 0 Å². The fraction of sp³-hybridized carbons (Fsp3) is 0.109. The van der Waals surface area contributed by atoms with Crippen LogP contribution in [-0.4, -0.2) is 15.0 Å². The molecule has 0 N–H and O–H groups in total. The van der Waals surface area contributed by atoms with Gasteiger partial charge in [0.05, 0.1) is 16.9 Å². The molecular formula is C55H41N3O. The zero-order valence-corrected chi connectivity index (χ0v) is 33.1. The third-order valence-corrected chi connectivity index (χ3v) is 12.2. The lowest BCUT2D eigenvalue weighted by molar-refractivity contribution is 0.576. The van der Waals surface area contributed by atoms with E-state index in [0.29, 0.717) is 5.92 Å². The Hall–Kier alpha value is -7.17. The summed E-state index contributed by atoms with van der Waals surface area (Å²) in [6.07, 6.45) is 15.9. The summed E-state index contributed by atoms with van der Waals surface area (Å²) in [5.41, 5.74) is 13.0. The molecule has 2 aliphatic rings. The van der Waals surface area contributed by atoms with Crippen LogP contribution in [0.25, 0.3) is 88.6 Å². The Balaban J connectivity index is 0.962. The first-order valence-corrected chi connectivity index (χ1v) is 20.5. The van der Waals surface area contributed by atoms with E-state index in [0.717, 1.165) is 96.4 Å². The van der Waals surface area contributed by atoms with E-state index in [2.05, 4.69) is 178 Å². The number of nitrogens with zero attached hydrogens (tertiary/aromatic N) is 3. The molecule has 2 aliphatic carbocycles. The van der Waals surface area contributed by atoms with Crippen LogP contribution in [0.15, 0.2) is 198 Å². The average Bonchev–Trinajstić information content (AvgIpc) is 3.69. The van der Waals surface area contributed by atoms with E-state index in [-0.39, 0.29) is 5.41 Å². The molecule has 0 aliphatic heterocycles. The summed E-state index contributed by atoms with van der Waals surface area (Å²) in [6.45, 7) is 4.55. The monoisotopic (exact) mass is 759 g/mol. The summed E-state index contributed by atoms with van der Waals surface area (Å²) < 4.78 is 6.62. The quantitative estimate of drug-likeness (QED) is 0.158. The molecule has 4 nitrogen and oxygen atoms in total. The van der Waals surface area contributed by atoms with Gasteiger partial charge in [0.2, 0.25) is 0 Å². The highest BCUT2D eigenvalue weighted by Crippen LogP contribution is 2.42. The van der Waals surface area contributed by atoms with Crippen molar-refractivity contribution < 1.29 is 4.42 Å². The smallest absolute Gasteiger partial charge is 0.162 e. The number of hydrogen-bond acceptors (Lipinski definition) is 4. The third kappa shape index (κ3) is 6.29. The maximum atomic E-state index is 6.62. The fourth-order valence-corrected chi connectivity index (χ4v) is 8.73. The van der Waals surface area contributed by atoms with Crippen LogP contribution in [0.1, 0.15) is 32.4 Å². The van der Waals surface area contributed by atoms with E-state index in [1.165, 1.54) is 21.9 Å². The number of hydrogen-bond donors (Lipinski definition) is 0. The summed E-state index contributed by atoms with van der Waals surface area (Å²) in [4.78, 5) is 15.7. The van der Waals surface area contributed by atoms with Gasteiger partial charge in [0.1, 0.15) is 11.3 Å². The largest absolute Gasteiger partial charge is 0.454 e.